The average molecular weight is 349 g/mol. The summed E-state index contributed by atoms with van der Waals surface area (Å²) in [7, 11) is 2.97. The van der Waals surface area contributed by atoms with E-state index >= 15 is 0 Å². The number of hydrogen-bond acceptors (Lipinski definition) is 6. The molecule has 2 aromatic heterocycles. The van der Waals surface area contributed by atoms with Gasteiger partial charge in [0.2, 0.25) is 0 Å². The van der Waals surface area contributed by atoms with E-state index in [4.69, 9.17) is 16.3 Å². The number of aromatic nitrogens is 3. The summed E-state index contributed by atoms with van der Waals surface area (Å²) >= 11 is 5.89. The lowest BCUT2D eigenvalue weighted by Crippen LogP contribution is -2.27. The van der Waals surface area contributed by atoms with Gasteiger partial charge in [-0.05, 0) is 18.2 Å². The third-order valence-electron chi connectivity index (χ3n) is 4.22. The molecule has 3 heterocycles. The third-order valence-corrected chi connectivity index (χ3v) is 4.45. The van der Waals surface area contributed by atoms with Crippen molar-refractivity contribution in [2.24, 2.45) is 13.0 Å². The number of nitrogens with zero attached hydrogens (tertiary/aromatic N) is 4. The van der Waals surface area contributed by atoms with Gasteiger partial charge in [0.25, 0.3) is 5.56 Å². The second-order valence-corrected chi connectivity index (χ2v) is 6.13. The molecule has 1 fully saturated rings. The molecule has 2 atom stereocenters. The minimum absolute atomic E-state index is 0.131. The maximum Gasteiger partial charge on any atom is 0.311 e. The molecule has 0 saturated carbocycles. The molecule has 0 radical (unpaired) electrons. The Bertz CT molecular complexity index is 806. The minimum atomic E-state index is -0.359. The maximum absolute atomic E-state index is 12.2. The highest BCUT2D eigenvalue weighted by molar-refractivity contribution is 6.30. The van der Waals surface area contributed by atoms with E-state index in [-0.39, 0.29) is 23.4 Å². The summed E-state index contributed by atoms with van der Waals surface area (Å²) in [6.07, 6.45) is 1.57. The zero-order valence-corrected chi connectivity index (χ0v) is 14.1. The number of rotatable bonds is 3. The van der Waals surface area contributed by atoms with Crippen molar-refractivity contribution in [3.05, 3.63) is 51.5 Å². The molecule has 1 aliphatic rings. The van der Waals surface area contributed by atoms with Crippen LogP contribution in [0.2, 0.25) is 5.02 Å². The van der Waals surface area contributed by atoms with E-state index in [0.717, 1.165) is 5.69 Å². The first kappa shape index (κ1) is 16.4. The lowest BCUT2D eigenvalue weighted by atomic mass is 9.92. The summed E-state index contributed by atoms with van der Waals surface area (Å²) < 4.78 is 6.22. The van der Waals surface area contributed by atoms with Crippen molar-refractivity contribution in [2.45, 2.75) is 5.92 Å². The number of pyridine rings is 1. The van der Waals surface area contributed by atoms with E-state index in [2.05, 4.69) is 10.1 Å². The van der Waals surface area contributed by atoms with Crippen LogP contribution >= 0.6 is 11.6 Å². The quantitative estimate of drug-likeness (QED) is 0.776. The van der Waals surface area contributed by atoms with Crippen LogP contribution in [0.5, 0.6) is 0 Å². The molecule has 0 bridgehead atoms. The Morgan fingerprint density at radius 1 is 1.29 bits per heavy atom. The van der Waals surface area contributed by atoms with Crippen molar-refractivity contribution in [3.63, 3.8) is 0 Å². The molecule has 0 N–H and O–H groups in total. The van der Waals surface area contributed by atoms with Gasteiger partial charge in [0, 0.05) is 44.0 Å². The summed E-state index contributed by atoms with van der Waals surface area (Å²) in [5, 5.41) is 4.80. The van der Waals surface area contributed by atoms with Gasteiger partial charge in [-0.25, -0.2) is 4.68 Å². The Kier molecular flexibility index (Phi) is 4.53. The van der Waals surface area contributed by atoms with Crippen LogP contribution in [0.15, 0.2) is 35.3 Å². The normalized spacial score (nSPS) is 20.2. The van der Waals surface area contributed by atoms with Crippen molar-refractivity contribution in [2.75, 3.05) is 25.1 Å². The number of aryl methyl sites for hydroxylation is 1. The summed E-state index contributed by atoms with van der Waals surface area (Å²) in [5.41, 5.74) is 0.598. The Morgan fingerprint density at radius 2 is 2.08 bits per heavy atom. The van der Waals surface area contributed by atoms with Crippen LogP contribution in [0.3, 0.4) is 0 Å². The Morgan fingerprint density at radius 3 is 2.71 bits per heavy atom. The first-order valence-corrected chi connectivity index (χ1v) is 7.86. The number of methoxy groups -OCH3 is 1. The predicted octanol–water partition coefficient (Wildman–Crippen LogP) is 1.22. The minimum Gasteiger partial charge on any atom is -0.469 e. The number of esters is 1. The second-order valence-electron chi connectivity index (χ2n) is 5.70. The van der Waals surface area contributed by atoms with Gasteiger partial charge in [-0.3, -0.25) is 14.6 Å². The van der Waals surface area contributed by atoms with Gasteiger partial charge >= 0.3 is 5.97 Å². The monoisotopic (exact) mass is 348 g/mol. The van der Waals surface area contributed by atoms with Crippen LogP contribution in [-0.4, -0.2) is 40.9 Å². The molecule has 8 heteroatoms. The average Bonchev–Trinajstić information content (AvgIpc) is 3.02. The van der Waals surface area contributed by atoms with E-state index in [1.54, 1.807) is 25.4 Å². The lowest BCUT2D eigenvalue weighted by Gasteiger charge is -2.17. The largest absolute Gasteiger partial charge is 0.469 e. The molecule has 3 rings (SSSR count). The molecule has 2 aromatic rings. The lowest BCUT2D eigenvalue weighted by molar-refractivity contribution is -0.145. The zero-order chi connectivity index (χ0) is 17.3. The van der Waals surface area contributed by atoms with Crippen LogP contribution in [-0.2, 0) is 16.6 Å². The molecule has 0 amide bonds. The molecule has 0 aromatic carbocycles. The Labute approximate surface area is 143 Å². The molecular weight excluding hydrogens is 332 g/mol. The topological polar surface area (TPSA) is 77.3 Å². The van der Waals surface area contributed by atoms with E-state index < -0.39 is 0 Å². The van der Waals surface area contributed by atoms with Gasteiger partial charge in [-0.2, -0.15) is 5.10 Å². The van der Waals surface area contributed by atoms with Gasteiger partial charge < -0.3 is 9.64 Å². The van der Waals surface area contributed by atoms with E-state index in [1.165, 1.54) is 17.9 Å². The van der Waals surface area contributed by atoms with Crippen LogP contribution in [0, 0.1) is 5.92 Å². The van der Waals surface area contributed by atoms with E-state index in [9.17, 15) is 9.59 Å². The fourth-order valence-electron chi connectivity index (χ4n) is 2.95. The van der Waals surface area contributed by atoms with Crippen molar-refractivity contribution >= 4 is 23.4 Å². The molecule has 7 nitrogen and oxygen atoms in total. The van der Waals surface area contributed by atoms with E-state index in [0.29, 0.717) is 23.9 Å². The molecule has 24 heavy (non-hydrogen) atoms. The SMILES string of the molecule is COC(=O)C1CN(c2ccc(=O)n(C)n2)CC1c1ccc(Cl)cn1. The van der Waals surface area contributed by atoms with Crippen molar-refractivity contribution in [3.8, 4) is 0 Å². The van der Waals surface area contributed by atoms with Crippen molar-refractivity contribution in [1.29, 1.82) is 0 Å². The smallest absolute Gasteiger partial charge is 0.311 e. The fraction of sp³-hybridized carbons (Fsp3) is 0.375. The third kappa shape index (κ3) is 3.12. The first-order chi connectivity index (χ1) is 11.5. The van der Waals surface area contributed by atoms with E-state index in [1.807, 2.05) is 11.0 Å². The number of carbonyl (C=O) groups is 1. The molecule has 1 aliphatic heterocycles. The summed E-state index contributed by atoms with van der Waals surface area (Å²) in [6, 6.07) is 6.70. The highest BCUT2D eigenvalue weighted by Crippen LogP contribution is 2.34. The van der Waals surface area contributed by atoms with Crippen molar-refractivity contribution < 1.29 is 9.53 Å². The Hall–Kier alpha value is -2.41. The molecule has 2 unspecified atom stereocenters. The second kappa shape index (κ2) is 6.60. The highest BCUT2D eigenvalue weighted by atomic mass is 35.5. The van der Waals surface area contributed by atoms with Gasteiger partial charge in [-0.15, -0.1) is 0 Å². The standard InChI is InChI=1S/C16H17ClN4O3/c1-20-15(22)6-5-14(19-20)21-8-11(12(9-21)16(23)24-2)13-4-3-10(17)7-18-13/h3-7,11-12H,8-9H2,1-2H3. The number of carbonyl (C=O) groups excluding carboxylic acids is 1. The zero-order valence-electron chi connectivity index (χ0n) is 13.3. The number of hydrogen-bond donors (Lipinski definition) is 0. The summed E-state index contributed by atoms with van der Waals surface area (Å²) in [6.45, 7) is 1.01. The van der Waals surface area contributed by atoms with Crippen LogP contribution in [0.1, 0.15) is 11.6 Å². The van der Waals surface area contributed by atoms with Crippen LogP contribution in [0.4, 0.5) is 5.82 Å². The molecule has 1 saturated heterocycles. The van der Waals surface area contributed by atoms with Crippen LogP contribution < -0.4 is 10.5 Å². The number of halogens is 1. The molecule has 0 spiro atoms. The van der Waals surface area contributed by atoms with Crippen LogP contribution in [0.25, 0.3) is 0 Å². The summed E-state index contributed by atoms with van der Waals surface area (Å²) in [5.74, 6) is -0.136. The highest BCUT2D eigenvalue weighted by Gasteiger charge is 2.40. The molecule has 126 valence electrons. The van der Waals surface area contributed by atoms with Gasteiger partial charge in [-0.1, -0.05) is 11.6 Å². The molecular formula is C16H17ClN4O3. The fourth-order valence-corrected chi connectivity index (χ4v) is 3.06. The van der Waals surface area contributed by atoms with Gasteiger partial charge in [0.1, 0.15) is 5.82 Å². The number of ether oxygens (including phenoxy) is 1. The Balaban J connectivity index is 1.92. The maximum atomic E-state index is 12.2. The number of anilines is 1. The van der Waals surface area contributed by atoms with Gasteiger partial charge in [0.05, 0.1) is 18.1 Å². The predicted molar refractivity (Wildman–Crippen MR) is 89.2 cm³/mol. The van der Waals surface area contributed by atoms with Gasteiger partial charge in [0.15, 0.2) is 0 Å². The first-order valence-electron chi connectivity index (χ1n) is 7.48. The summed E-state index contributed by atoms with van der Waals surface area (Å²) in [4.78, 5) is 30.0. The van der Waals surface area contributed by atoms with Crippen molar-refractivity contribution in [1.82, 2.24) is 14.8 Å². The molecule has 0 aliphatic carbocycles.